The molecule has 0 amide bonds. The van der Waals surface area contributed by atoms with Gasteiger partial charge in [-0.3, -0.25) is 14.9 Å². The summed E-state index contributed by atoms with van der Waals surface area (Å²) in [6, 6.07) is 4.02. The van der Waals surface area contributed by atoms with Crippen molar-refractivity contribution in [2.45, 2.75) is 12.8 Å². The predicted molar refractivity (Wildman–Crippen MR) is 75.0 cm³/mol. The second kappa shape index (κ2) is 6.64. The summed E-state index contributed by atoms with van der Waals surface area (Å²) in [5.74, 6) is -0.379. The Labute approximate surface area is 114 Å². The molecule has 1 aromatic carbocycles. The van der Waals surface area contributed by atoms with Crippen molar-refractivity contribution in [3.63, 3.8) is 0 Å². The molecule has 0 fully saturated rings. The zero-order valence-electron chi connectivity index (χ0n) is 10.2. The first kappa shape index (κ1) is 14.8. The van der Waals surface area contributed by atoms with E-state index in [2.05, 4.69) is 10.1 Å². The van der Waals surface area contributed by atoms with Crippen molar-refractivity contribution in [3.05, 3.63) is 28.3 Å². The van der Waals surface area contributed by atoms with Crippen LogP contribution in [0.1, 0.15) is 12.8 Å². The van der Waals surface area contributed by atoms with Crippen LogP contribution in [0.5, 0.6) is 0 Å². The molecule has 102 valence electrons. The average molecular weight is 283 g/mol. The number of nitro groups is 1. The lowest BCUT2D eigenvalue weighted by Gasteiger charge is -2.09. The Balaban J connectivity index is 2.70. The second-order valence-electron chi connectivity index (χ2n) is 3.65. The number of ether oxygens (including phenoxy) is 1. The number of nitro benzene ring substituents is 1. The van der Waals surface area contributed by atoms with E-state index in [1.807, 2.05) is 0 Å². The van der Waals surface area contributed by atoms with Crippen molar-refractivity contribution in [3.8, 4) is 0 Å². The molecule has 8 heteroatoms. The van der Waals surface area contributed by atoms with Crippen LogP contribution in [0.3, 0.4) is 0 Å². The number of esters is 1. The third-order valence-electron chi connectivity index (χ3n) is 2.31. The Morgan fingerprint density at radius 1 is 1.53 bits per heavy atom. The highest BCUT2D eigenvalue weighted by Gasteiger charge is 2.11. The molecular weight excluding hydrogens is 270 g/mol. The van der Waals surface area contributed by atoms with Crippen LogP contribution in [0, 0.1) is 10.1 Å². The highest BCUT2D eigenvalue weighted by Crippen LogP contribution is 2.24. The number of anilines is 2. The minimum Gasteiger partial charge on any atom is -0.469 e. The number of nitrogens with one attached hydrogen (secondary N) is 1. The van der Waals surface area contributed by atoms with Gasteiger partial charge >= 0.3 is 5.97 Å². The first-order chi connectivity index (χ1) is 8.93. The van der Waals surface area contributed by atoms with E-state index in [1.54, 1.807) is 0 Å². The number of nitrogens with two attached hydrogens (primary N) is 1. The van der Waals surface area contributed by atoms with Gasteiger partial charge in [0.2, 0.25) is 0 Å². The SMILES string of the molecule is COC(=O)CCC(=S)Nc1cc([N+](=O)[O-])ccc1N. The maximum atomic E-state index is 11.0. The maximum Gasteiger partial charge on any atom is 0.305 e. The van der Waals surface area contributed by atoms with E-state index in [1.165, 1.54) is 25.3 Å². The van der Waals surface area contributed by atoms with E-state index < -0.39 is 4.92 Å². The topological polar surface area (TPSA) is 107 Å². The van der Waals surface area contributed by atoms with Gasteiger partial charge in [0.05, 0.1) is 34.8 Å². The molecule has 0 unspecified atom stereocenters. The number of non-ortho nitro benzene ring substituents is 1. The van der Waals surface area contributed by atoms with Crippen molar-refractivity contribution in [1.29, 1.82) is 0 Å². The van der Waals surface area contributed by atoms with Crippen molar-refractivity contribution >= 4 is 40.2 Å². The third-order valence-corrected chi connectivity index (χ3v) is 2.61. The molecule has 0 aliphatic heterocycles. The van der Waals surface area contributed by atoms with Crippen LogP contribution >= 0.6 is 12.2 Å². The van der Waals surface area contributed by atoms with Gasteiger partial charge < -0.3 is 15.8 Å². The Hall–Kier alpha value is -2.22. The Kier molecular flexibility index (Phi) is 5.19. The van der Waals surface area contributed by atoms with E-state index in [4.69, 9.17) is 18.0 Å². The smallest absolute Gasteiger partial charge is 0.305 e. The summed E-state index contributed by atoms with van der Waals surface area (Å²) in [6.07, 6.45) is 0.418. The molecule has 0 radical (unpaired) electrons. The van der Waals surface area contributed by atoms with Gasteiger partial charge in [-0.25, -0.2) is 0 Å². The summed E-state index contributed by atoms with van der Waals surface area (Å²) in [5.41, 5.74) is 6.28. The quantitative estimate of drug-likeness (QED) is 0.279. The molecule has 0 aliphatic carbocycles. The number of methoxy groups -OCH3 is 1. The molecule has 0 saturated carbocycles. The molecule has 1 rings (SSSR count). The summed E-state index contributed by atoms with van der Waals surface area (Å²) in [5, 5.41) is 13.4. The minimum absolute atomic E-state index is 0.0903. The molecule has 7 nitrogen and oxygen atoms in total. The Morgan fingerprint density at radius 3 is 2.79 bits per heavy atom. The molecule has 0 spiro atoms. The molecule has 0 atom stereocenters. The van der Waals surface area contributed by atoms with Crippen molar-refractivity contribution in [1.82, 2.24) is 0 Å². The van der Waals surface area contributed by atoms with Crippen molar-refractivity contribution in [2.24, 2.45) is 0 Å². The number of hydrogen-bond acceptors (Lipinski definition) is 6. The van der Waals surface area contributed by atoms with Crippen molar-refractivity contribution in [2.75, 3.05) is 18.2 Å². The largest absolute Gasteiger partial charge is 0.469 e. The van der Waals surface area contributed by atoms with E-state index in [0.29, 0.717) is 16.4 Å². The van der Waals surface area contributed by atoms with Gasteiger partial charge in [0.15, 0.2) is 0 Å². The van der Waals surface area contributed by atoms with Crippen LogP contribution in [0.25, 0.3) is 0 Å². The fraction of sp³-hybridized carbons (Fsp3) is 0.273. The van der Waals surface area contributed by atoms with Gasteiger partial charge in [0, 0.05) is 18.6 Å². The number of thiocarbonyl (C=S) groups is 1. The van der Waals surface area contributed by atoms with Crippen LogP contribution in [-0.2, 0) is 9.53 Å². The van der Waals surface area contributed by atoms with Gasteiger partial charge in [-0.2, -0.15) is 0 Å². The number of nitrogen functional groups attached to an aromatic ring is 1. The van der Waals surface area contributed by atoms with Gasteiger partial charge in [0.25, 0.3) is 5.69 Å². The molecule has 0 aromatic heterocycles. The monoisotopic (exact) mass is 283 g/mol. The van der Waals surface area contributed by atoms with Crippen LogP contribution in [0.2, 0.25) is 0 Å². The molecular formula is C11H13N3O4S. The van der Waals surface area contributed by atoms with E-state index in [0.717, 1.165) is 0 Å². The molecule has 0 aliphatic rings. The van der Waals surface area contributed by atoms with E-state index in [-0.39, 0.29) is 24.5 Å². The second-order valence-corrected chi connectivity index (χ2v) is 4.15. The average Bonchev–Trinajstić information content (AvgIpc) is 2.38. The van der Waals surface area contributed by atoms with Crippen molar-refractivity contribution < 1.29 is 14.5 Å². The summed E-state index contributed by atoms with van der Waals surface area (Å²) in [4.78, 5) is 21.4. The highest BCUT2D eigenvalue weighted by molar-refractivity contribution is 7.80. The zero-order chi connectivity index (χ0) is 14.4. The Bertz CT molecular complexity index is 519. The predicted octanol–water partition coefficient (Wildman–Crippen LogP) is 1.87. The number of benzene rings is 1. The standard InChI is InChI=1S/C11H13N3O4S/c1-18-11(15)5-4-10(19)13-9-6-7(14(16)17)2-3-8(9)12/h2-3,6H,4-5,12H2,1H3,(H,13,19). The maximum absolute atomic E-state index is 11.0. The fourth-order valence-corrected chi connectivity index (χ4v) is 1.51. The molecule has 0 heterocycles. The minimum atomic E-state index is -0.526. The van der Waals surface area contributed by atoms with Crippen LogP contribution in [0.15, 0.2) is 18.2 Å². The molecule has 1 aromatic rings. The van der Waals surface area contributed by atoms with Gasteiger partial charge in [-0.15, -0.1) is 0 Å². The molecule has 3 N–H and O–H groups in total. The molecule has 19 heavy (non-hydrogen) atoms. The first-order valence-corrected chi connectivity index (χ1v) is 5.75. The lowest BCUT2D eigenvalue weighted by molar-refractivity contribution is -0.384. The van der Waals surface area contributed by atoms with Gasteiger partial charge in [0.1, 0.15) is 0 Å². The third kappa shape index (κ3) is 4.51. The molecule has 0 saturated heterocycles. The Morgan fingerprint density at radius 2 is 2.21 bits per heavy atom. The fourth-order valence-electron chi connectivity index (χ4n) is 1.30. The van der Waals surface area contributed by atoms with Gasteiger partial charge in [-0.1, -0.05) is 12.2 Å². The zero-order valence-corrected chi connectivity index (χ0v) is 11.0. The number of carbonyl (C=O) groups excluding carboxylic acids is 1. The van der Waals surface area contributed by atoms with E-state index >= 15 is 0 Å². The number of rotatable bonds is 5. The van der Waals surface area contributed by atoms with E-state index in [9.17, 15) is 14.9 Å². The lowest BCUT2D eigenvalue weighted by atomic mass is 10.2. The highest BCUT2D eigenvalue weighted by atomic mass is 32.1. The summed E-state index contributed by atoms with van der Waals surface area (Å²) in [7, 11) is 1.29. The summed E-state index contributed by atoms with van der Waals surface area (Å²) < 4.78 is 4.48. The normalized spacial score (nSPS) is 9.74. The van der Waals surface area contributed by atoms with Gasteiger partial charge in [-0.05, 0) is 6.07 Å². The van der Waals surface area contributed by atoms with Crippen LogP contribution in [-0.4, -0.2) is 23.0 Å². The summed E-state index contributed by atoms with van der Waals surface area (Å²) in [6.45, 7) is 0. The van der Waals surface area contributed by atoms with Crippen LogP contribution < -0.4 is 11.1 Å². The molecule has 0 bridgehead atoms. The number of carbonyl (C=O) groups is 1. The summed E-state index contributed by atoms with van der Waals surface area (Å²) >= 11 is 5.03. The first-order valence-electron chi connectivity index (χ1n) is 5.34. The number of hydrogen-bond donors (Lipinski definition) is 2. The van der Waals surface area contributed by atoms with Crippen LogP contribution in [0.4, 0.5) is 17.1 Å². The lowest BCUT2D eigenvalue weighted by Crippen LogP contribution is -2.13. The number of nitrogens with zero attached hydrogens (tertiary/aromatic N) is 1.